The van der Waals surface area contributed by atoms with Gasteiger partial charge in [0.15, 0.2) is 0 Å². The van der Waals surface area contributed by atoms with Gasteiger partial charge in [0.1, 0.15) is 5.75 Å². The standard InChI is InChI=1S/C20H16N6O2S/c27-16-10-8-14(9-11-16)12-21-22-19(28)13-29-20-23-24-25-26(20)18-7-3-5-15-4-1-2-6-17(15)18/h1-12,27H,13H2,(H,22,28)/b21-12+. The van der Waals surface area contributed by atoms with Crippen LogP contribution in [0.25, 0.3) is 16.5 Å². The number of rotatable bonds is 6. The second-order valence-corrected chi connectivity index (χ2v) is 6.99. The highest BCUT2D eigenvalue weighted by molar-refractivity contribution is 7.99. The van der Waals surface area contributed by atoms with Crippen molar-refractivity contribution in [1.82, 2.24) is 25.6 Å². The zero-order valence-corrected chi connectivity index (χ0v) is 16.0. The maximum absolute atomic E-state index is 12.1. The maximum atomic E-state index is 12.1. The smallest absolute Gasteiger partial charge is 0.250 e. The van der Waals surface area contributed by atoms with E-state index in [1.54, 1.807) is 28.9 Å². The van der Waals surface area contributed by atoms with Crippen molar-refractivity contribution in [3.63, 3.8) is 0 Å². The molecule has 0 spiro atoms. The van der Waals surface area contributed by atoms with Crippen LogP contribution in [0.5, 0.6) is 5.75 Å². The fourth-order valence-corrected chi connectivity index (χ4v) is 3.39. The second-order valence-electron chi connectivity index (χ2n) is 6.04. The Bertz CT molecular complexity index is 1170. The fraction of sp³-hybridized carbons (Fsp3) is 0.0500. The van der Waals surface area contributed by atoms with Crippen molar-refractivity contribution in [3.05, 3.63) is 72.3 Å². The van der Waals surface area contributed by atoms with E-state index in [0.29, 0.717) is 5.16 Å². The van der Waals surface area contributed by atoms with Gasteiger partial charge >= 0.3 is 0 Å². The van der Waals surface area contributed by atoms with Crippen molar-refractivity contribution in [1.29, 1.82) is 0 Å². The number of thioether (sulfide) groups is 1. The van der Waals surface area contributed by atoms with Gasteiger partial charge in [0, 0.05) is 5.39 Å². The SMILES string of the molecule is O=C(CSc1nnnn1-c1cccc2ccccc12)N/N=C/c1ccc(O)cc1. The number of phenols is 1. The first kappa shape index (κ1) is 18.6. The van der Waals surface area contributed by atoms with E-state index in [9.17, 15) is 9.90 Å². The Morgan fingerprint density at radius 3 is 2.76 bits per heavy atom. The summed E-state index contributed by atoms with van der Waals surface area (Å²) in [7, 11) is 0. The van der Waals surface area contributed by atoms with Gasteiger partial charge in [0.25, 0.3) is 5.91 Å². The molecule has 0 unspecified atom stereocenters. The minimum Gasteiger partial charge on any atom is -0.508 e. The van der Waals surface area contributed by atoms with Crippen molar-refractivity contribution >= 4 is 34.7 Å². The molecular formula is C20H16N6O2S. The molecule has 144 valence electrons. The number of aromatic nitrogens is 4. The molecule has 0 fully saturated rings. The lowest BCUT2D eigenvalue weighted by Gasteiger charge is -2.07. The lowest BCUT2D eigenvalue weighted by molar-refractivity contribution is -0.118. The lowest BCUT2D eigenvalue weighted by Crippen LogP contribution is -2.20. The molecule has 0 saturated carbocycles. The Morgan fingerprint density at radius 2 is 1.90 bits per heavy atom. The molecule has 1 amide bonds. The predicted molar refractivity (Wildman–Crippen MR) is 111 cm³/mol. The first-order valence-corrected chi connectivity index (χ1v) is 9.69. The summed E-state index contributed by atoms with van der Waals surface area (Å²) in [4.78, 5) is 12.1. The van der Waals surface area contributed by atoms with Gasteiger partial charge in [0.2, 0.25) is 5.16 Å². The van der Waals surface area contributed by atoms with Crippen LogP contribution in [0.4, 0.5) is 0 Å². The molecular weight excluding hydrogens is 388 g/mol. The maximum Gasteiger partial charge on any atom is 0.250 e. The van der Waals surface area contributed by atoms with Gasteiger partial charge in [-0.1, -0.05) is 48.2 Å². The lowest BCUT2D eigenvalue weighted by atomic mass is 10.1. The number of carbonyl (C=O) groups excluding carboxylic acids is 1. The van der Waals surface area contributed by atoms with Gasteiger partial charge < -0.3 is 5.11 Å². The van der Waals surface area contributed by atoms with E-state index in [0.717, 1.165) is 22.0 Å². The number of aromatic hydroxyl groups is 1. The summed E-state index contributed by atoms with van der Waals surface area (Å²) in [6, 6.07) is 20.3. The van der Waals surface area contributed by atoms with Crippen LogP contribution in [0.3, 0.4) is 0 Å². The summed E-state index contributed by atoms with van der Waals surface area (Å²) < 4.78 is 1.62. The van der Waals surface area contributed by atoms with E-state index >= 15 is 0 Å². The minimum atomic E-state index is -0.280. The Kier molecular flexibility index (Phi) is 5.48. The molecule has 9 heteroatoms. The molecule has 1 heterocycles. The molecule has 0 saturated heterocycles. The van der Waals surface area contributed by atoms with Crippen molar-refractivity contribution in [2.24, 2.45) is 5.10 Å². The van der Waals surface area contributed by atoms with Crippen LogP contribution in [-0.2, 0) is 4.79 Å². The van der Waals surface area contributed by atoms with Crippen molar-refractivity contribution in [2.45, 2.75) is 5.16 Å². The summed E-state index contributed by atoms with van der Waals surface area (Å²) in [5.74, 6) is 0.00178. The number of nitrogens with zero attached hydrogens (tertiary/aromatic N) is 5. The van der Waals surface area contributed by atoms with Crippen molar-refractivity contribution in [3.8, 4) is 11.4 Å². The Balaban J connectivity index is 1.41. The molecule has 0 bridgehead atoms. The van der Waals surface area contributed by atoms with Gasteiger partial charge in [-0.2, -0.15) is 9.78 Å². The number of tetrazole rings is 1. The number of phenolic OH excluding ortho intramolecular Hbond substituents is 1. The number of amides is 1. The van der Waals surface area contributed by atoms with Crippen LogP contribution in [0.15, 0.2) is 77.0 Å². The number of benzene rings is 3. The normalized spacial score (nSPS) is 11.2. The summed E-state index contributed by atoms with van der Waals surface area (Å²) in [6.45, 7) is 0. The van der Waals surface area contributed by atoms with Gasteiger partial charge in [-0.15, -0.1) is 5.10 Å². The van der Waals surface area contributed by atoms with Gasteiger partial charge in [-0.25, -0.2) is 5.43 Å². The van der Waals surface area contributed by atoms with E-state index in [2.05, 4.69) is 26.1 Å². The molecule has 8 nitrogen and oxygen atoms in total. The van der Waals surface area contributed by atoms with Crippen molar-refractivity contribution in [2.75, 3.05) is 5.75 Å². The quantitative estimate of drug-likeness (QED) is 0.291. The first-order valence-electron chi connectivity index (χ1n) is 8.71. The number of hydrogen-bond donors (Lipinski definition) is 2. The van der Waals surface area contributed by atoms with Gasteiger partial charge in [-0.3, -0.25) is 4.79 Å². The van der Waals surface area contributed by atoms with E-state index in [1.165, 1.54) is 18.0 Å². The average molecular weight is 404 g/mol. The van der Waals surface area contributed by atoms with Crippen molar-refractivity contribution < 1.29 is 9.90 Å². The van der Waals surface area contributed by atoms with Gasteiger partial charge in [0.05, 0.1) is 17.7 Å². The minimum absolute atomic E-state index is 0.109. The molecule has 0 radical (unpaired) electrons. The summed E-state index contributed by atoms with van der Waals surface area (Å²) in [6.07, 6.45) is 1.50. The molecule has 1 aromatic heterocycles. The van der Waals surface area contributed by atoms with Crippen LogP contribution >= 0.6 is 11.8 Å². The molecule has 2 N–H and O–H groups in total. The highest BCUT2D eigenvalue weighted by Crippen LogP contribution is 2.25. The van der Waals surface area contributed by atoms with Crippen LogP contribution < -0.4 is 5.43 Å². The monoisotopic (exact) mass is 404 g/mol. The average Bonchev–Trinajstić information content (AvgIpc) is 3.22. The summed E-state index contributed by atoms with van der Waals surface area (Å²) >= 11 is 1.22. The van der Waals surface area contributed by atoms with Crippen LogP contribution in [0, 0.1) is 0 Å². The molecule has 0 aliphatic rings. The molecule has 0 atom stereocenters. The fourth-order valence-electron chi connectivity index (χ4n) is 2.71. The number of hydrazone groups is 1. The molecule has 29 heavy (non-hydrogen) atoms. The number of nitrogens with one attached hydrogen (secondary N) is 1. The van der Waals surface area contributed by atoms with E-state index in [-0.39, 0.29) is 17.4 Å². The summed E-state index contributed by atoms with van der Waals surface area (Å²) in [5.41, 5.74) is 4.07. The Hall–Kier alpha value is -3.72. The zero-order valence-electron chi connectivity index (χ0n) is 15.1. The molecule has 0 aliphatic heterocycles. The van der Waals surface area contributed by atoms with Gasteiger partial charge in [-0.05, 0) is 51.7 Å². The summed E-state index contributed by atoms with van der Waals surface area (Å²) in [5, 5.41) is 27.6. The third kappa shape index (κ3) is 4.41. The second kappa shape index (κ2) is 8.53. The highest BCUT2D eigenvalue weighted by Gasteiger charge is 2.13. The number of fused-ring (bicyclic) bond motifs is 1. The largest absolute Gasteiger partial charge is 0.508 e. The Morgan fingerprint density at radius 1 is 1.10 bits per heavy atom. The third-order valence-corrected chi connectivity index (χ3v) is 4.98. The number of carbonyl (C=O) groups is 1. The van der Waals surface area contributed by atoms with Crippen LogP contribution in [0.2, 0.25) is 0 Å². The van der Waals surface area contributed by atoms with Crippen LogP contribution in [0.1, 0.15) is 5.56 Å². The molecule has 4 aromatic rings. The first-order chi connectivity index (χ1) is 14.2. The molecule has 3 aromatic carbocycles. The Labute approximate surface area is 170 Å². The topological polar surface area (TPSA) is 105 Å². The molecule has 4 rings (SSSR count). The molecule has 0 aliphatic carbocycles. The zero-order chi connectivity index (χ0) is 20.1. The van der Waals surface area contributed by atoms with E-state index < -0.39 is 0 Å². The third-order valence-electron chi connectivity index (χ3n) is 4.06. The highest BCUT2D eigenvalue weighted by atomic mass is 32.2. The van der Waals surface area contributed by atoms with E-state index in [4.69, 9.17) is 0 Å². The predicted octanol–water partition coefficient (Wildman–Crippen LogP) is 2.76. The number of hydrogen-bond acceptors (Lipinski definition) is 7. The van der Waals surface area contributed by atoms with E-state index in [1.807, 2.05) is 42.5 Å². The van der Waals surface area contributed by atoms with Crippen LogP contribution in [-0.4, -0.2) is 43.2 Å².